The molecule has 5 heteroatoms. The Kier molecular flexibility index (Phi) is 4.98. The van der Waals surface area contributed by atoms with Gasteiger partial charge in [-0.3, -0.25) is 9.48 Å². The van der Waals surface area contributed by atoms with Gasteiger partial charge in [0.2, 0.25) is 0 Å². The topological polar surface area (TPSA) is 53.4 Å². The third kappa shape index (κ3) is 3.24. The van der Waals surface area contributed by atoms with Gasteiger partial charge >= 0.3 is 0 Å². The summed E-state index contributed by atoms with van der Waals surface area (Å²) < 4.78 is 13.0. The highest BCUT2D eigenvalue weighted by molar-refractivity contribution is 5.81. The summed E-state index contributed by atoms with van der Waals surface area (Å²) in [5, 5.41) is 4.48. The van der Waals surface area contributed by atoms with Crippen molar-refractivity contribution in [1.29, 1.82) is 0 Å². The highest BCUT2D eigenvalue weighted by Gasteiger charge is 2.12. The molecule has 0 amide bonds. The van der Waals surface area contributed by atoms with E-state index in [0.717, 1.165) is 30.6 Å². The lowest BCUT2D eigenvalue weighted by Crippen LogP contribution is -2.07. The zero-order valence-corrected chi connectivity index (χ0v) is 12.6. The van der Waals surface area contributed by atoms with E-state index in [1.54, 1.807) is 25.3 Å². The van der Waals surface area contributed by atoms with Gasteiger partial charge in [-0.25, -0.2) is 0 Å². The van der Waals surface area contributed by atoms with Crippen LogP contribution in [-0.2, 0) is 19.6 Å². The summed E-state index contributed by atoms with van der Waals surface area (Å²) in [6, 6.07) is 7.27. The van der Waals surface area contributed by atoms with Crippen LogP contribution in [0.15, 0.2) is 24.3 Å². The first-order valence-electron chi connectivity index (χ1n) is 7.04. The average molecular weight is 288 g/mol. The first kappa shape index (κ1) is 15.1. The third-order valence-corrected chi connectivity index (χ3v) is 3.30. The Labute approximate surface area is 124 Å². The Hall–Kier alpha value is -2.30. The number of methoxy groups -OCH3 is 1. The Morgan fingerprint density at radius 1 is 1.33 bits per heavy atom. The molecule has 0 fully saturated rings. The molecule has 0 aliphatic heterocycles. The molecule has 2 rings (SSSR count). The molecule has 0 unspecified atom stereocenters. The van der Waals surface area contributed by atoms with Crippen molar-refractivity contribution in [3.05, 3.63) is 41.2 Å². The third-order valence-electron chi connectivity index (χ3n) is 3.30. The van der Waals surface area contributed by atoms with Crippen molar-refractivity contribution >= 4 is 6.29 Å². The Morgan fingerprint density at radius 3 is 2.76 bits per heavy atom. The molecule has 2 aromatic rings. The SMILES string of the molecule is CCc1cc(COc2c(C=O)cccc2OC)n(CC)n1. The summed E-state index contributed by atoms with van der Waals surface area (Å²) in [5.41, 5.74) is 2.50. The summed E-state index contributed by atoms with van der Waals surface area (Å²) >= 11 is 0. The number of aromatic nitrogens is 2. The van der Waals surface area contributed by atoms with Gasteiger partial charge < -0.3 is 9.47 Å². The normalized spacial score (nSPS) is 10.4. The van der Waals surface area contributed by atoms with Crippen molar-refractivity contribution in [2.45, 2.75) is 33.4 Å². The minimum atomic E-state index is 0.349. The maximum absolute atomic E-state index is 11.1. The first-order chi connectivity index (χ1) is 10.2. The van der Waals surface area contributed by atoms with Gasteiger partial charge in [-0.1, -0.05) is 13.0 Å². The monoisotopic (exact) mass is 288 g/mol. The van der Waals surface area contributed by atoms with Crippen LogP contribution >= 0.6 is 0 Å². The summed E-state index contributed by atoms with van der Waals surface area (Å²) in [5.74, 6) is 1.02. The fourth-order valence-corrected chi connectivity index (χ4v) is 2.16. The number of rotatable bonds is 7. The van der Waals surface area contributed by atoms with Crippen LogP contribution in [0.3, 0.4) is 0 Å². The van der Waals surface area contributed by atoms with E-state index in [-0.39, 0.29) is 0 Å². The lowest BCUT2D eigenvalue weighted by molar-refractivity contribution is 0.111. The summed E-state index contributed by atoms with van der Waals surface area (Å²) in [7, 11) is 1.56. The van der Waals surface area contributed by atoms with Crippen LogP contribution in [0.25, 0.3) is 0 Å². The standard InChI is InChI=1S/C16H20N2O3/c1-4-13-9-14(18(5-2)17-13)11-21-16-12(10-19)7-6-8-15(16)20-3/h6-10H,4-5,11H2,1-3H3. The van der Waals surface area contributed by atoms with Crippen LogP contribution in [0.2, 0.25) is 0 Å². The lowest BCUT2D eigenvalue weighted by atomic mass is 10.2. The molecule has 5 nitrogen and oxygen atoms in total. The average Bonchev–Trinajstić information content (AvgIpc) is 2.94. The molecule has 0 aliphatic carbocycles. The second kappa shape index (κ2) is 6.92. The molecule has 112 valence electrons. The second-order valence-corrected chi connectivity index (χ2v) is 4.58. The molecule has 1 heterocycles. The largest absolute Gasteiger partial charge is 0.493 e. The zero-order valence-electron chi connectivity index (χ0n) is 12.6. The van der Waals surface area contributed by atoms with E-state index in [1.807, 2.05) is 17.7 Å². The Balaban J connectivity index is 2.23. The van der Waals surface area contributed by atoms with E-state index < -0.39 is 0 Å². The quantitative estimate of drug-likeness (QED) is 0.735. The number of nitrogens with zero attached hydrogens (tertiary/aromatic N) is 2. The molecule has 0 radical (unpaired) electrons. The molecule has 0 aliphatic rings. The van der Waals surface area contributed by atoms with Gasteiger partial charge in [-0.05, 0) is 31.5 Å². The minimum Gasteiger partial charge on any atom is -0.493 e. The molecule has 0 N–H and O–H groups in total. The van der Waals surface area contributed by atoms with Crippen molar-refractivity contribution in [3.63, 3.8) is 0 Å². The van der Waals surface area contributed by atoms with Crippen LogP contribution in [0.5, 0.6) is 11.5 Å². The van der Waals surface area contributed by atoms with Crippen molar-refractivity contribution in [2.24, 2.45) is 0 Å². The molecule has 1 aromatic carbocycles. The molecule has 0 spiro atoms. The fourth-order valence-electron chi connectivity index (χ4n) is 2.16. The maximum atomic E-state index is 11.1. The van der Waals surface area contributed by atoms with E-state index in [4.69, 9.17) is 9.47 Å². The summed E-state index contributed by atoms with van der Waals surface area (Å²) in [4.78, 5) is 11.1. The lowest BCUT2D eigenvalue weighted by Gasteiger charge is -2.12. The van der Waals surface area contributed by atoms with Crippen molar-refractivity contribution < 1.29 is 14.3 Å². The number of carbonyl (C=O) groups is 1. The Morgan fingerprint density at radius 2 is 2.14 bits per heavy atom. The maximum Gasteiger partial charge on any atom is 0.172 e. The van der Waals surface area contributed by atoms with Crippen molar-refractivity contribution in [3.8, 4) is 11.5 Å². The highest BCUT2D eigenvalue weighted by atomic mass is 16.5. The van der Waals surface area contributed by atoms with E-state index >= 15 is 0 Å². The van der Waals surface area contributed by atoms with E-state index in [1.165, 1.54) is 0 Å². The van der Waals surface area contributed by atoms with Gasteiger partial charge in [0.15, 0.2) is 17.8 Å². The van der Waals surface area contributed by atoms with Gasteiger partial charge in [0.1, 0.15) is 6.61 Å². The van der Waals surface area contributed by atoms with E-state index in [2.05, 4.69) is 12.0 Å². The van der Waals surface area contributed by atoms with Crippen LogP contribution in [0, 0.1) is 0 Å². The molecular weight excluding hydrogens is 268 g/mol. The number of aryl methyl sites for hydroxylation is 2. The summed E-state index contributed by atoms with van der Waals surface area (Å²) in [6.45, 7) is 5.24. The van der Waals surface area contributed by atoms with Gasteiger partial charge in [0.05, 0.1) is 24.1 Å². The fraction of sp³-hybridized carbons (Fsp3) is 0.375. The van der Waals surface area contributed by atoms with E-state index in [9.17, 15) is 4.79 Å². The van der Waals surface area contributed by atoms with Gasteiger partial charge in [-0.15, -0.1) is 0 Å². The molecule has 0 atom stereocenters. The van der Waals surface area contributed by atoms with Gasteiger partial charge in [-0.2, -0.15) is 5.10 Å². The molecule has 21 heavy (non-hydrogen) atoms. The van der Waals surface area contributed by atoms with Crippen molar-refractivity contribution in [1.82, 2.24) is 9.78 Å². The number of para-hydroxylation sites is 1. The number of aldehydes is 1. The molecule has 0 bridgehead atoms. The molecular formula is C16H20N2O3. The molecule has 0 saturated carbocycles. The first-order valence-corrected chi connectivity index (χ1v) is 7.04. The number of ether oxygens (including phenoxy) is 2. The highest BCUT2D eigenvalue weighted by Crippen LogP contribution is 2.30. The Bertz CT molecular complexity index is 620. The predicted molar refractivity (Wildman–Crippen MR) is 80.0 cm³/mol. The van der Waals surface area contributed by atoms with Crippen LogP contribution < -0.4 is 9.47 Å². The number of hydrogen-bond acceptors (Lipinski definition) is 4. The van der Waals surface area contributed by atoms with Crippen LogP contribution in [0.1, 0.15) is 35.6 Å². The summed E-state index contributed by atoms with van der Waals surface area (Å²) in [6.07, 6.45) is 1.65. The smallest absolute Gasteiger partial charge is 0.172 e. The minimum absolute atomic E-state index is 0.349. The van der Waals surface area contributed by atoms with Gasteiger partial charge in [0.25, 0.3) is 0 Å². The zero-order chi connectivity index (χ0) is 15.2. The number of hydrogen-bond donors (Lipinski definition) is 0. The van der Waals surface area contributed by atoms with Crippen LogP contribution in [-0.4, -0.2) is 23.2 Å². The van der Waals surface area contributed by atoms with E-state index in [0.29, 0.717) is 23.7 Å². The second-order valence-electron chi connectivity index (χ2n) is 4.58. The number of carbonyl (C=O) groups excluding carboxylic acids is 1. The van der Waals surface area contributed by atoms with Crippen LogP contribution in [0.4, 0.5) is 0 Å². The molecule has 0 saturated heterocycles. The molecule has 1 aromatic heterocycles. The predicted octanol–water partition coefficient (Wildman–Crippen LogP) is 2.87. The number of benzene rings is 1. The van der Waals surface area contributed by atoms with Gasteiger partial charge in [0, 0.05) is 6.54 Å². The van der Waals surface area contributed by atoms with Crippen molar-refractivity contribution in [2.75, 3.05) is 7.11 Å².